The van der Waals surface area contributed by atoms with Crippen LogP contribution in [0, 0.1) is 10.5 Å². The fraction of sp³-hybridized carbons (Fsp3) is 0. The van der Waals surface area contributed by atoms with Crippen molar-refractivity contribution in [3.05, 3.63) is 57.4 Å². The zero-order valence-electron chi connectivity index (χ0n) is 9.65. The number of nitrogens with one attached hydrogen (secondary N) is 1. The summed E-state index contributed by atoms with van der Waals surface area (Å²) in [4.78, 5) is 7.49. The van der Waals surface area contributed by atoms with Crippen LogP contribution in [0.25, 0.3) is 22.3 Å². The molecule has 0 aliphatic carbocycles. The van der Waals surface area contributed by atoms with Crippen LogP contribution in [-0.2, 0) is 0 Å². The Morgan fingerprint density at radius 2 is 1.84 bits per heavy atom. The third kappa shape index (κ3) is 2.43. The Morgan fingerprint density at radius 1 is 1.11 bits per heavy atom. The lowest BCUT2D eigenvalue weighted by molar-refractivity contribution is 0.629. The monoisotopic (exact) mass is 334 g/mol. The van der Waals surface area contributed by atoms with Crippen LogP contribution < -0.4 is 0 Å². The summed E-state index contributed by atoms with van der Waals surface area (Å²) in [6.07, 6.45) is 0. The summed E-state index contributed by atoms with van der Waals surface area (Å²) in [7, 11) is 0. The van der Waals surface area contributed by atoms with E-state index >= 15 is 0 Å². The number of hydrogen-bond acceptors (Lipinski definition) is 2. The van der Waals surface area contributed by atoms with Gasteiger partial charge in [-0.2, -0.15) is 0 Å². The van der Waals surface area contributed by atoms with Crippen LogP contribution in [0.1, 0.15) is 0 Å². The molecule has 0 aliphatic rings. The Bertz CT molecular complexity index is 812. The standard InChI is InChI=1S/C14H8BrFN2S/c15-9-3-1-8(2-4-9)13-17-12-6-5-10(16)7-11(12)14(19)18-13/h1-7H,(H,17,18,19). The van der Waals surface area contributed by atoms with E-state index in [9.17, 15) is 4.39 Å². The fourth-order valence-electron chi connectivity index (χ4n) is 1.86. The van der Waals surface area contributed by atoms with Crippen LogP contribution in [0.3, 0.4) is 0 Å². The first kappa shape index (κ1) is 12.4. The summed E-state index contributed by atoms with van der Waals surface area (Å²) < 4.78 is 14.6. The van der Waals surface area contributed by atoms with Gasteiger partial charge in [-0.3, -0.25) is 0 Å². The number of hydrogen-bond donors (Lipinski definition) is 1. The lowest BCUT2D eigenvalue weighted by Crippen LogP contribution is -1.92. The maximum absolute atomic E-state index is 13.2. The molecule has 0 saturated carbocycles. The second-order valence-corrected chi connectivity index (χ2v) is 5.39. The van der Waals surface area contributed by atoms with Crippen molar-refractivity contribution in [2.24, 2.45) is 0 Å². The molecule has 3 aromatic rings. The summed E-state index contributed by atoms with van der Waals surface area (Å²) in [6, 6.07) is 12.2. The molecule has 1 heterocycles. The van der Waals surface area contributed by atoms with Gasteiger partial charge < -0.3 is 4.98 Å². The third-order valence-corrected chi connectivity index (χ3v) is 3.64. The second-order valence-electron chi connectivity index (χ2n) is 4.09. The smallest absolute Gasteiger partial charge is 0.139 e. The highest BCUT2D eigenvalue weighted by molar-refractivity contribution is 9.10. The number of benzene rings is 2. The molecule has 94 valence electrons. The van der Waals surface area contributed by atoms with Crippen molar-refractivity contribution in [3.8, 4) is 11.4 Å². The zero-order chi connectivity index (χ0) is 13.4. The number of aromatic amines is 1. The van der Waals surface area contributed by atoms with Crippen molar-refractivity contribution in [1.29, 1.82) is 0 Å². The number of fused-ring (bicyclic) bond motifs is 1. The van der Waals surface area contributed by atoms with Gasteiger partial charge in [0.25, 0.3) is 0 Å². The van der Waals surface area contributed by atoms with Crippen LogP contribution in [0.15, 0.2) is 46.9 Å². The molecule has 0 amide bonds. The lowest BCUT2D eigenvalue weighted by atomic mass is 10.2. The maximum Gasteiger partial charge on any atom is 0.139 e. The topological polar surface area (TPSA) is 28.7 Å². The average molecular weight is 335 g/mol. The van der Waals surface area contributed by atoms with Gasteiger partial charge in [0.05, 0.1) is 5.52 Å². The summed E-state index contributed by atoms with van der Waals surface area (Å²) in [5.74, 6) is 0.363. The van der Waals surface area contributed by atoms with Crippen molar-refractivity contribution in [2.75, 3.05) is 0 Å². The molecule has 0 fully saturated rings. The van der Waals surface area contributed by atoms with E-state index in [0.717, 1.165) is 15.6 Å². The maximum atomic E-state index is 13.2. The first-order chi connectivity index (χ1) is 9.13. The molecular formula is C14H8BrFN2S. The Morgan fingerprint density at radius 3 is 2.58 bits per heavy atom. The van der Waals surface area contributed by atoms with Gasteiger partial charge in [-0.25, -0.2) is 9.37 Å². The van der Waals surface area contributed by atoms with E-state index in [1.54, 1.807) is 6.07 Å². The zero-order valence-corrected chi connectivity index (χ0v) is 12.1. The summed E-state index contributed by atoms with van der Waals surface area (Å²) >= 11 is 8.61. The van der Waals surface area contributed by atoms with E-state index < -0.39 is 0 Å². The Balaban J connectivity index is 2.24. The molecular weight excluding hydrogens is 327 g/mol. The number of halogens is 2. The number of nitrogens with zero attached hydrogens (tertiary/aromatic N) is 1. The van der Waals surface area contributed by atoms with Crippen LogP contribution in [0.4, 0.5) is 4.39 Å². The first-order valence-corrected chi connectivity index (χ1v) is 6.79. The molecule has 0 aliphatic heterocycles. The molecule has 1 aromatic heterocycles. The molecule has 2 aromatic carbocycles. The van der Waals surface area contributed by atoms with Gasteiger partial charge >= 0.3 is 0 Å². The minimum Gasteiger partial charge on any atom is -0.339 e. The van der Waals surface area contributed by atoms with Gasteiger partial charge in [0.15, 0.2) is 0 Å². The summed E-state index contributed by atoms with van der Waals surface area (Å²) in [5, 5.41) is 0.621. The van der Waals surface area contributed by atoms with Crippen molar-refractivity contribution in [1.82, 2.24) is 9.97 Å². The van der Waals surface area contributed by atoms with Crippen molar-refractivity contribution in [3.63, 3.8) is 0 Å². The highest BCUT2D eigenvalue weighted by Crippen LogP contribution is 2.22. The van der Waals surface area contributed by atoms with E-state index in [2.05, 4.69) is 25.9 Å². The molecule has 2 nitrogen and oxygen atoms in total. The van der Waals surface area contributed by atoms with E-state index in [1.165, 1.54) is 12.1 Å². The SMILES string of the molecule is Fc1ccc2[nH]c(-c3ccc(Br)cc3)nc(=S)c2c1. The summed E-state index contributed by atoms with van der Waals surface area (Å²) in [6.45, 7) is 0. The van der Waals surface area contributed by atoms with Crippen molar-refractivity contribution < 1.29 is 4.39 Å². The van der Waals surface area contributed by atoms with Gasteiger partial charge in [0, 0.05) is 15.4 Å². The van der Waals surface area contributed by atoms with Crippen LogP contribution >= 0.6 is 28.1 Å². The van der Waals surface area contributed by atoms with E-state index in [0.29, 0.717) is 15.9 Å². The largest absolute Gasteiger partial charge is 0.339 e. The predicted octanol–water partition coefficient (Wildman–Crippen LogP) is 4.86. The minimum absolute atomic E-state index is 0.315. The number of aromatic nitrogens is 2. The molecule has 19 heavy (non-hydrogen) atoms. The number of rotatable bonds is 1. The Hall–Kier alpha value is -1.59. The molecule has 0 atom stereocenters. The van der Waals surface area contributed by atoms with Crippen LogP contribution in [-0.4, -0.2) is 9.97 Å². The average Bonchev–Trinajstić information content (AvgIpc) is 2.40. The third-order valence-electron chi connectivity index (χ3n) is 2.80. The van der Waals surface area contributed by atoms with E-state index in [1.807, 2.05) is 24.3 Å². The van der Waals surface area contributed by atoms with Crippen LogP contribution in [0.5, 0.6) is 0 Å². The van der Waals surface area contributed by atoms with Gasteiger partial charge in [-0.1, -0.05) is 40.3 Å². The van der Waals surface area contributed by atoms with Crippen molar-refractivity contribution >= 4 is 39.1 Å². The predicted molar refractivity (Wildman–Crippen MR) is 80.0 cm³/mol. The Kier molecular flexibility index (Phi) is 3.16. The van der Waals surface area contributed by atoms with Gasteiger partial charge in [0.1, 0.15) is 16.3 Å². The molecule has 0 radical (unpaired) electrons. The van der Waals surface area contributed by atoms with Gasteiger partial charge in [0.2, 0.25) is 0 Å². The molecule has 1 N–H and O–H groups in total. The second kappa shape index (κ2) is 4.83. The summed E-state index contributed by atoms with van der Waals surface area (Å²) in [5.41, 5.74) is 1.71. The quantitative estimate of drug-likeness (QED) is 0.643. The minimum atomic E-state index is -0.315. The fourth-order valence-corrected chi connectivity index (χ4v) is 2.39. The molecule has 0 unspecified atom stereocenters. The van der Waals surface area contributed by atoms with Gasteiger partial charge in [-0.15, -0.1) is 0 Å². The highest BCUT2D eigenvalue weighted by atomic mass is 79.9. The molecule has 0 saturated heterocycles. The number of H-pyrrole nitrogens is 1. The molecule has 5 heteroatoms. The van der Waals surface area contributed by atoms with E-state index in [-0.39, 0.29) is 5.82 Å². The van der Waals surface area contributed by atoms with Crippen molar-refractivity contribution in [2.45, 2.75) is 0 Å². The molecule has 0 bridgehead atoms. The van der Waals surface area contributed by atoms with E-state index in [4.69, 9.17) is 12.2 Å². The molecule has 3 rings (SSSR count). The molecule has 0 spiro atoms. The first-order valence-electron chi connectivity index (χ1n) is 5.59. The normalized spacial score (nSPS) is 10.8. The Labute approximate surface area is 122 Å². The van der Waals surface area contributed by atoms with Crippen LogP contribution in [0.2, 0.25) is 0 Å². The van der Waals surface area contributed by atoms with Gasteiger partial charge in [-0.05, 0) is 30.3 Å². The lowest BCUT2D eigenvalue weighted by Gasteiger charge is -2.05. The highest BCUT2D eigenvalue weighted by Gasteiger charge is 2.04.